The van der Waals surface area contributed by atoms with Crippen molar-refractivity contribution in [1.82, 2.24) is 14.8 Å². The molecule has 2 N–H and O–H groups in total. The summed E-state index contributed by atoms with van der Waals surface area (Å²) < 4.78 is 1.37. The third-order valence-corrected chi connectivity index (χ3v) is 3.88. The van der Waals surface area contributed by atoms with Crippen molar-refractivity contribution in [2.24, 2.45) is 0 Å². The quantitative estimate of drug-likeness (QED) is 0.708. The van der Waals surface area contributed by atoms with Crippen LogP contribution in [0.4, 0.5) is 0 Å². The van der Waals surface area contributed by atoms with Gasteiger partial charge < -0.3 is 10.2 Å². The molecule has 0 aliphatic carbocycles. The minimum absolute atomic E-state index is 0.0535. The average molecular weight is 358 g/mol. The lowest BCUT2D eigenvalue weighted by Gasteiger charge is -2.03. The lowest BCUT2D eigenvalue weighted by molar-refractivity contribution is -0.137. The summed E-state index contributed by atoms with van der Waals surface area (Å²) in [6, 6.07) is 14.5. The molecule has 0 saturated heterocycles. The van der Waals surface area contributed by atoms with Gasteiger partial charge in [0.1, 0.15) is 6.54 Å². The van der Waals surface area contributed by atoms with Crippen LogP contribution in [0.25, 0.3) is 11.4 Å². The van der Waals surface area contributed by atoms with Crippen molar-refractivity contribution in [3.63, 3.8) is 0 Å². The molecule has 0 aliphatic heterocycles. The molecule has 0 atom stereocenters. The maximum Gasteiger partial charge on any atom is 0.325 e. The van der Waals surface area contributed by atoms with E-state index in [9.17, 15) is 4.79 Å². The second kappa shape index (κ2) is 7.46. The predicted molar refractivity (Wildman–Crippen MR) is 93.3 cm³/mol. The van der Waals surface area contributed by atoms with Crippen LogP contribution in [-0.4, -0.2) is 30.9 Å². The van der Waals surface area contributed by atoms with Gasteiger partial charge in [-0.3, -0.25) is 4.79 Å². The van der Waals surface area contributed by atoms with Gasteiger partial charge in [0.2, 0.25) is 0 Å². The fourth-order valence-electron chi connectivity index (χ4n) is 2.50. The van der Waals surface area contributed by atoms with Crippen LogP contribution in [0.1, 0.15) is 17.0 Å². The van der Waals surface area contributed by atoms with Gasteiger partial charge >= 0.3 is 5.97 Å². The van der Waals surface area contributed by atoms with E-state index in [1.807, 2.05) is 18.2 Å². The van der Waals surface area contributed by atoms with Crippen molar-refractivity contribution in [3.05, 3.63) is 70.5 Å². The Kier molecular flexibility index (Phi) is 5.11. The Morgan fingerprint density at radius 3 is 2.52 bits per heavy atom. The fraction of sp³-hybridized carbons (Fsp3) is 0.167. The highest BCUT2D eigenvalue weighted by Crippen LogP contribution is 2.20. The monoisotopic (exact) mass is 357 g/mol. The van der Waals surface area contributed by atoms with Crippen LogP contribution in [0.2, 0.25) is 5.02 Å². The zero-order valence-electron chi connectivity index (χ0n) is 13.3. The number of nitrogens with zero attached hydrogens (tertiary/aromatic N) is 3. The highest BCUT2D eigenvalue weighted by molar-refractivity contribution is 6.30. The average Bonchev–Trinajstić information content (AvgIpc) is 2.96. The molecule has 7 heteroatoms. The molecule has 25 heavy (non-hydrogen) atoms. The highest BCUT2D eigenvalue weighted by Gasteiger charge is 2.15. The van der Waals surface area contributed by atoms with E-state index in [2.05, 4.69) is 10.1 Å². The molecule has 0 spiro atoms. The van der Waals surface area contributed by atoms with Crippen LogP contribution in [0.5, 0.6) is 0 Å². The smallest absolute Gasteiger partial charge is 0.325 e. The van der Waals surface area contributed by atoms with Gasteiger partial charge in [-0.15, -0.1) is 0 Å². The van der Waals surface area contributed by atoms with E-state index >= 15 is 0 Å². The summed E-state index contributed by atoms with van der Waals surface area (Å²) >= 11 is 6.00. The maximum atomic E-state index is 11.1. The molecule has 1 heterocycles. The Labute approximate surface area is 149 Å². The van der Waals surface area contributed by atoms with Crippen LogP contribution >= 0.6 is 11.6 Å². The van der Waals surface area contributed by atoms with E-state index < -0.39 is 5.97 Å². The minimum Gasteiger partial charge on any atom is -0.480 e. The van der Waals surface area contributed by atoms with Gasteiger partial charge in [0.25, 0.3) is 0 Å². The second-order valence-corrected chi connectivity index (χ2v) is 6.00. The summed E-state index contributed by atoms with van der Waals surface area (Å²) in [5.41, 5.74) is 2.46. The van der Waals surface area contributed by atoms with E-state index in [0.29, 0.717) is 23.1 Å². The van der Waals surface area contributed by atoms with Crippen LogP contribution in [-0.2, 0) is 24.4 Å². The molecule has 0 amide bonds. The number of hydrogen-bond donors (Lipinski definition) is 2. The SMILES string of the molecule is O=C(O)Cn1nc(Cc2cccc(Cl)c2)nc1-c1ccc(CO)cc1. The van der Waals surface area contributed by atoms with Crippen LogP contribution < -0.4 is 0 Å². The van der Waals surface area contributed by atoms with Crippen molar-refractivity contribution in [3.8, 4) is 11.4 Å². The third kappa shape index (κ3) is 4.23. The van der Waals surface area contributed by atoms with Crippen molar-refractivity contribution >= 4 is 17.6 Å². The highest BCUT2D eigenvalue weighted by atomic mass is 35.5. The Balaban J connectivity index is 1.95. The Bertz CT molecular complexity index is 891. The summed E-state index contributed by atoms with van der Waals surface area (Å²) in [6.07, 6.45) is 0.453. The van der Waals surface area contributed by atoms with Crippen molar-refractivity contribution in [1.29, 1.82) is 0 Å². The summed E-state index contributed by atoms with van der Waals surface area (Å²) in [4.78, 5) is 15.6. The van der Waals surface area contributed by atoms with Crippen LogP contribution in [0, 0.1) is 0 Å². The van der Waals surface area contributed by atoms with Gasteiger partial charge in [-0.1, -0.05) is 48.0 Å². The fourth-order valence-corrected chi connectivity index (χ4v) is 2.72. The first-order valence-electron chi connectivity index (χ1n) is 7.65. The van der Waals surface area contributed by atoms with Crippen molar-refractivity contribution in [2.75, 3.05) is 0 Å². The number of benzene rings is 2. The first kappa shape index (κ1) is 17.1. The first-order chi connectivity index (χ1) is 12.0. The zero-order valence-corrected chi connectivity index (χ0v) is 14.0. The maximum absolute atomic E-state index is 11.1. The normalized spacial score (nSPS) is 10.8. The predicted octanol–water partition coefficient (Wildman–Crippen LogP) is 2.77. The number of hydrogen-bond acceptors (Lipinski definition) is 4. The number of rotatable bonds is 6. The van der Waals surface area contributed by atoms with Crippen LogP contribution in [0.3, 0.4) is 0 Å². The molecular formula is C18H16ClN3O3. The molecule has 0 bridgehead atoms. The molecule has 3 aromatic rings. The Morgan fingerprint density at radius 2 is 1.88 bits per heavy atom. The zero-order chi connectivity index (χ0) is 17.8. The number of carbonyl (C=O) groups is 1. The molecule has 0 aliphatic rings. The standard InChI is InChI=1S/C18H16ClN3O3/c19-15-3-1-2-13(8-15)9-16-20-18(22(21-16)10-17(24)25)14-6-4-12(11-23)5-7-14/h1-8,23H,9-11H2,(H,24,25). The lowest BCUT2D eigenvalue weighted by atomic mass is 10.1. The van der Waals surface area contributed by atoms with Gasteiger partial charge in [0, 0.05) is 17.0 Å². The van der Waals surface area contributed by atoms with Gasteiger partial charge in [-0.05, 0) is 23.3 Å². The van der Waals surface area contributed by atoms with E-state index in [1.54, 1.807) is 30.3 Å². The van der Waals surface area contributed by atoms with E-state index in [0.717, 1.165) is 16.7 Å². The lowest BCUT2D eigenvalue weighted by Crippen LogP contribution is -2.11. The summed E-state index contributed by atoms with van der Waals surface area (Å²) in [5.74, 6) is 0.00102. The van der Waals surface area contributed by atoms with E-state index in [-0.39, 0.29) is 13.2 Å². The van der Waals surface area contributed by atoms with Gasteiger partial charge in [0.05, 0.1) is 6.61 Å². The molecule has 0 fully saturated rings. The number of aromatic nitrogens is 3. The molecular weight excluding hydrogens is 342 g/mol. The molecule has 0 radical (unpaired) electrons. The number of aliphatic hydroxyl groups is 1. The molecule has 0 saturated carbocycles. The first-order valence-corrected chi connectivity index (χ1v) is 8.03. The number of carboxylic acid groups (broad SMARTS) is 1. The molecule has 6 nitrogen and oxygen atoms in total. The van der Waals surface area contributed by atoms with E-state index in [1.165, 1.54) is 4.68 Å². The minimum atomic E-state index is -0.993. The Hall–Kier alpha value is -2.70. The summed E-state index contributed by atoms with van der Waals surface area (Å²) in [6.45, 7) is -0.332. The van der Waals surface area contributed by atoms with Gasteiger partial charge in [0.15, 0.2) is 11.6 Å². The summed E-state index contributed by atoms with van der Waals surface area (Å²) in [5, 5.41) is 23.2. The van der Waals surface area contributed by atoms with Crippen LogP contribution in [0.15, 0.2) is 48.5 Å². The summed E-state index contributed by atoms with van der Waals surface area (Å²) in [7, 11) is 0. The van der Waals surface area contributed by atoms with E-state index in [4.69, 9.17) is 21.8 Å². The largest absolute Gasteiger partial charge is 0.480 e. The number of carboxylic acids is 1. The third-order valence-electron chi connectivity index (χ3n) is 3.65. The van der Waals surface area contributed by atoms with Gasteiger partial charge in [-0.2, -0.15) is 5.10 Å². The Morgan fingerprint density at radius 1 is 1.12 bits per heavy atom. The molecule has 1 aromatic heterocycles. The number of halogens is 1. The van der Waals surface area contributed by atoms with Crippen molar-refractivity contribution < 1.29 is 15.0 Å². The van der Waals surface area contributed by atoms with Gasteiger partial charge in [-0.25, -0.2) is 9.67 Å². The number of aliphatic hydroxyl groups excluding tert-OH is 1. The second-order valence-electron chi connectivity index (χ2n) is 5.56. The molecule has 2 aromatic carbocycles. The topological polar surface area (TPSA) is 88.2 Å². The number of aliphatic carboxylic acids is 1. The molecule has 3 rings (SSSR count). The van der Waals surface area contributed by atoms with Crippen molar-refractivity contribution in [2.45, 2.75) is 19.6 Å². The molecule has 128 valence electrons. The molecule has 0 unspecified atom stereocenters.